The first-order valence-corrected chi connectivity index (χ1v) is 7.33. The Kier molecular flexibility index (Phi) is 4.65. The summed E-state index contributed by atoms with van der Waals surface area (Å²) in [7, 11) is 0. The van der Waals surface area contributed by atoms with Crippen molar-refractivity contribution in [1.29, 1.82) is 0 Å². The van der Waals surface area contributed by atoms with Crippen molar-refractivity contribution in [1.82, 2.24) is 0 Å². The Morgan fingerprint density at radius 2 is 2.10 bits per heavy atom. The maximum absolute atomic E-state index is 11.2. The van der Waals surface area contributed by atoms with Gasteiger partial charge in [-0.3, -0.25) is 0 Å². The highest BCUT2D eigenvalue weighted by molar-refractivity contribution is 5.94. The van der Waals surface area contributed by atoms with Crippen molar-refractivity contribution in [2.24, 2.45) is 0 Å². The fourth-order valence-electron chi connectivity index (χ4n) is 2.91. The van der Waals surface area contributed by atoms with E-state index in [-0.39, 0.29) is 11.6 Å². The first-order chi connectivity index (χ1) is 9.60. The highest BCUT2D eigenvalue weighted by atomic mass is 16.5. The molecule has 1 heterocycles. The van der Waals surface area contributed by atoms with Crippen LogP contribution < -0.4 is 5.32 Å². The van der Waals surface area contributed by atoms with Crippen LogP contribution in [0.5, 0.6) is 0 Å². The van der Waals surface area contributed by atoms with Crippen LogP contribution in [0.15, 0.2) is 24.3 Å². The van der Waals surface area contributed by atoms with Crippen LogP contribution in [0.1, 0.15) is 49.9 Å². The SMILES string of the molecule is CCC1(CC)CC(Nc2ccccc2C(=O)O)CCO1. The first-order valence-electron chi connectivity index (χ1n) is 7.33. The van der Waals surface area contributed by atoms with Gasteiger partial charge in [-0.2, -0.15) is 0 Å². The minimum absolute atomic E-state index is 0.0614. The summed E-state index contributed by atoms with van der Waals surface area (Å²) in [6, 6.07) is 7.35. The van der Waals surface area contributed by atoms with Crippen LogP contribution in [0.25, 0.3) is 0 Å². The Hall–Kier alpha value is -1.55. The van der Waals surface area contributed by atoms with Gasteiger partial charge in [0.05, 0.1) is 11.2 Å². The van der Waals surface area contributed by atoms with Gasteiger partial charge in [-0.05, 0) is 37.8 Å². The summed E-state index contributed by atoms with van der Waals surface area (Å²) < 4.78 is 5.95. The molecule has 0 saturated carbocycles. The Morgan fingerprint density at radius 3 is 2.75 bits per heavy atom. The number of rotatable bonds is 5. The summed E-state index contributed by atoms with van der Waals surface area (Å²) in [5.74, 6) is -0.891. The molecule has 0 aromatic heterocycles. The average molecular weight is 277 g/mol. The van der Waals surface area contributed by atoms with Gasteiger partial charge in [0, 0.05) is 18.3 Å². The highest BCUT2D eigenvalue weighted by Gasteiger charge is 2.34. The van der Waals surface area contributed by atoms with E-state index >= 15 is 0 Å². The van der Waals surface area contributed by atoms with Crippen LogP contribution in [-0.4, -0.2) is 29.3 Å². The molecule has 4 nitrogen and oxygen atoms in total. The number of para-hydroxylation sites is 1. The standard InChI is InChI=1S/C16H23NO3/c1-3-16(4-2)11-12(9-10-20-16)17-14-8-6-5-7-13(14)15(18)19/h5-8,12,17H,3-4,9-11H2,1-2H3,(H,18,19). The molecule has 0 amide bonds. The molecule has 1 saturated heterocycles. The molecular formula is C16H23NO3. The predicted molar refractivity (Wildman–Crippen MR) is 79.3 cm³/mol. The third kappa shape index (κ3) is 3.12. The van der Waals surface area contributed by atoms with Crippen LogP contribution in [0, 0.1) is 0 Å². The maximum Gasteiger partial charge on any atom is 0.337 e. The molecule has 0 spiro atoms. The van der Waals surface area contributed by atoms with Crippen molar-refractivity contribution in [3.8, 4) is 0 Å². The normalized spacial score (nSPS) is 21.4. The van der Waals surface area contributed by atoms with Crippen molar-refractivity contribution in [3.63, 3.8) is 0 Å². The Morgan fingerprint density at radius 1 is 1.40 bits per heavy atom. The number of carbonyl (C=O) groups is 1. The third-order valence-corrected chi connectivity index (χ3v) is 4.30. The molecule has 1 aliphatic heterocycles. The molecule has 2 N–H and O–H groups in total. The average Bonchev–Trinajstić information content (AvgIpc) is 2.47. The fourth-order valence-corrected chi connectivity index (χ4v) is 2.91. The molecule has 1 aliphatic rings. The summed E-state index contributed by atoms with van der Waals surface area (Å²) in [6.07, 6.45) is 3.81. The van der Waals surface area contributed by atoms with Gasteiger partial charge in [0.1, 0.15) is 0 Å². The second-order valence-corrected chi connectivity index (χ2v) is 5.42. The van der Waals surface area contributed by atoms with Crippen molar-refractivity contribution < 1.29 is 14.6 Å². The fraction of sp³-hybridized carbons (Fsp3) is 0.562. The quantitative estimate of drug-likeness (QED) is 0.864. The summed E-state index contributed by atoms with van der Waals surface area (Å²) >= 11 is 0. The highest BCUT2D eigenvalue weighted by Crippen LogP contribution is 2.33. The van der Waals surface area contributed by atoms with E-state index in [1.54, 1.807) is 12.1 Å². The summed E-state index contributed by atoms with van der Waals surface area (Å²) in [5.41, 5.74) is 0.972. The van der Waals surface area contributed by atoms with E-state index in [1.807, 2.05) is 12.1 Å². The zero-order valence-corrected chi connectivity index (χ0v) is 12.2. The van der Waals surface area contributed by atoms with Crippen LogP contribution >= 0.6 is 0 Å². The predicted octanol–water partition coefficient (Wildman–Crippen LogP) is 3.53. The van der Waals surface area contributed by atoms with E-state index in [2.05, 4.69) is 19.2 Å². The van der Waals surface area contributed by atoms with Crippen molar-refractivity contribution >= 4 is 11.7 Å². The molecule has 0 aliphatic carbocycles. The van der Waals surface area contributed by atoms with Crippen LogP contribution in [-0.2, 0) is 4.74 Å². The first kappa shape index (κ1) is 14.9. The van der Waals surface area contributed by atoms with Crippen molar-refractivity contribution in [2.75, 3.05) is 11.9 Å². The van der Waals surface area contributed by atoms with Crippen LogP contribution in [0.4, 0.5) is 5.69 Å². The van der Waals surface area contributed by atoms with E-state index in [0.717, 1.165) is 32.3 Å². The number of aromatic carboxylic acids is 1. The van der Waals surface area contributed by atoms with Gasteiger partial charge >= 0.3 is 5.97 Å². The second kappa shape index (κ2) is 6.27. The molecule has 0 bridgehead atoms. The van der Waals surface area contributed by atoms with Gasteiger partial charge < -0.3 is 15.2 Å². The van der Waals surface area contributed by atoms with Gasteiger partial charge in [0.15, 0.2) is 0 Å². The lowest BCUT2D eigenvalue weighted by atomic mass is 9.85. The number of carboxylic acids is 1. The summed E-state index contributed by atoms with van der Waals surface area (Å²) in [4.78, 5) is 11.2. The number of carboxylic acid groups (broad SMARTS) is 1. The lowest BCUT2D eigenvalue weighted by Gasteiger charge is -2.40. The zero-order chi connectivity index (χ0) is 14.6. The minimum Gasteiger partial charge on any atom is -0.478 e. The molecule has 1 aromatic rings. The topological polar surface area (TPSA) is 58.6 Å². The van der Waals surface area contributed by atoms with Crippen molar-refractivity contribution in [2.45, 2.75) is 51.2 Å². The van der Waals surface area contributed by atoms with E-state index in [0.29, 0.717) is 11.3 Å². The summed E-state index contributed by atoms with van der Waals surface area (Å²) in [5, 5.41) is 12.6. The molecule has 20 heavy (non-hydrogen) atoms. The van der Waals surface area contributed by atoms with E-state index < -0.39 is 5.97 Å². The number of hydrogen-bond acceptors (Lipinski definition) is 3. The van der Waals surface area contributed by atoms with Gasteiger partial charge in [0.2, 0.25) is 0 Å². The van der Waals surface area contributed by atoms with Crippen molar-refractivity contribution in [3.05, 3.63) is 29.8 Å². The lowest BCUT2D eigenvalue weighted by molar-refractivity contribution is -0.0864. The van der Waals surface area contributed by atoms with Gasteiger partial charge in [-0.1, -0.05) is 26.0 Å². The van der Waals surface area contributed by atoms with E-state index in [9.17, 15) is 9.90 Å². The molecule has 2 rings (SSSR count). The Bertz CT molecular complexity index is 469. The number of anilines is 1. The molecule has 1 unspecified atom stereocenters. The minimum atomic E-state index is -0.891. The summed E-state index contributed by atoms with van der Waals surface area (Å²) in [6.45, 7) is 5.03. The van der Waals surface area contributed by atoms with Crippen LogP contribution in [0.2, 0.25) is 0 Å². The molecule has 110 valence electrons. The maximum atomic E-state index is 11.2. The van der Waals surface area contributed by atoms with E-state index in [1.165, 1.54) is 0 Å². The molecule has 1 fully saturated rings. The van der Waals surface area contributed by atoms with Gasteiger partial charge in [-0.15, -0.1) is 0 Å². The molecule has 4 heteroatoms. The number of ether oxygens (including phenoxy) is 1. The molecular weight excluding hydrogens is 254 g/mol. The largest absolute Gasteiger partial charge is 0.478 e. The third-order valence-electron chi connectivity index (χ3n) is 4.30. The molecule has 1 aromatic carbocycles. The van der Waals surface area contributed by atoms with Gasteiger partial charge in [0.25, 0.3) is 0 Å². The Labute approximate surface area is 120 Å². The molecule has 0 radical (unpaired) electrons. The lowest BCUT2D eigenvalue weighted by Crippen LogP contribution is -2.43. The monoisotopic (exact) mass is 277 g/mol. The van der Waals surface area contributed by atoms with Crippen LogP contribution in [0.3, 0.4) is 0 Å². The molecule has 1 atom stereocenters. The number of nitrogens with one attached hydrogen (secondary N) is 1. The van der Waals surface area contributed by atoms with Gasteiger partial charge in [-0.25, -0.2) is 4.79 Å². The smallest absolute Gasteiger partial charge is 0.337 e. The number of hydrogen-bond donors (Lipinski definition) is 2. The Balaban J connectivity index is 2.12. The van der Waals surface area contributed by atoms with E-state index in [4.69, 9.17) is 4.74 Å². The zero-order valence-electron chi connectivity index (χ0n) is 12.2. The second-order valence-electron chi connectivity index (χ2n) is 5.42. The number of benzene rings is 1.